The van der Waals surface area contributed by atoms with Crippen molar-refractivity contribution in [3.05, 3.63) is 0 Å². The summed E-state index contributed by atoms with van der Waals surface area (Å²) in [5.74, 6) is 0.0881. The molecule has 18 heavy (non-hydrogen) atoms. The molecule has 2 amide bonds. The van der Waals surface area contributed by atoms with E-state index in [2.05, 4.69) is 10.6 Å². The van der Waals surface area contributed by atoms with Gasteiger partial charge in [0.2, 0.25) is 0 Å². The van der Waals surface area contributed by atoms with E-state index >= 15 is 0 Å². The highest BCUT2D eigenvalue weighted by Gasteiger charge is 2.32. The maximum Gasteiger partial charge on any atom is 0.314 e. The normalized spacial score (nSPS) is 22.7. The van der Waals surface area contributed by atoms with Crippen LogP contribution in [0.5, 0.6) is 0 Å². The summed E-state index contributed by atoms with van der Waals surface area (Å²) >= 11 is 1.75. The number of rotatable bonds is 7. The Morgan fingerprint density at radius 3 is 2.78 bits per heavy atom. The lowest BCUT2D eigenvalue weighted by Gasteiger charge is -2.16. The minimum atomic E-state index is -0.736. The molecule has 0 heterocycles. The van der Waals surface area contributed by atoms with Crippen LogP contribution in [0, 0.1) is 11.8 Å². The molecule has 2 unspecified atom stereocenters. The number of carbonyl (C=O) groups is 2. The van der Waals surface area contributed by atoms with E-state index in [1.54, 1.807) is 11.8 Å². The first kappa shape index (κ1) is 15.1. The van der Waals surface area contributed by atoms with Crippen LogP contribution in [0.2, 0.25) is 0 Å². The van der Waals surface area contributed by atoms with Crippen LogP contribution >= 0.6 is 11.8 Å². The maximum absolute atomic E-state index is 11.5. The number of urea groups is 1. The molecule has 0 aromatic heterocycles. The topological polar surface area (TPSA) is 78.4 Å². The molecule has 3 N–H and O–H groups in total. The van der Waals surface area contributed by atoms with E-state index in [1.165, 1.54) is 0 Å². The standard InChI is InChI=1S/C12H22N2O3S/c1-18-7-3-6-13-12(17)14-8-9-4-2-5-10(9)11(15)16/h9-10H,2-8H2,1H3,(H,15,16)(H2,13,14,17). The number of carbonyl (C=O) groups excluding carboxylic acids is 1. The van der Waals surface area contributed by atoms with Gasteiger partial charge in [0, 0.05) is 13.1 Å². The molecule has 5 nitrogen and oxygen atoms in total. The molecule has 104 valence electrons. The van der Waals surface area contributed by atoms with Crippen LogP contribution in [0.3, 0.4) is 0 Å². The molecule has 0 aliphatic heterocycles. The third-order valence-electron chi connectivity index (χ3n) is 3.31. The summed E-state index contributed by atoms with van der Waals surface area (Å²) in [4.78, 5) is 22.4. The van der Waals surface area contributed by atoms with Gasteiger partial charge in [-0.1, -0.05) is 6.42 Å². The van der Waals surface area contributed by atoms with Crippen molar-refractivity contribution < 1.29 is 14.7 Å². The van der Waals surface area contributed by atoms with Gasteiger partial charge in [-0.3, -0.25) is 4.79 Å². The van der Waals surface area contributed by atoms with Gasteiger partial charge in [-0.15, -0.1) is 0 Å². The highest BCUT2D eigenvalue weighted by Crippen LogP contribution is 2.31. The second-order valence-corrected chi connectivity index (χ2v) is 5.60. The average Bonchev–Trinajstić information content (AvgIpc) is 2.80. The predicted octanol–water partition coefficient (Wildman–Crippen LogP) is 1.54. The third-order valence-corrected chi connectivity index (χ3v) is 4.01. The summed E-state index contributed by atoms with van der Waals surface area (Å²) in [6, 6.07) is -0.188. The summed E-state index contributed by atoms with van der Waals surface area (Å²) in [7, 11) is 0. The first-order valence-corrected chi connectivity index (χ1v) is 7.78. The minimum absolute atomic E-state index is 0.0828. The van der Waals surface area contributed by atoms with Gasteiger partial charge in [-0.2, -0.15) is 11.8 Å². The number of hydrogen-bond donors (Lipinski definition) is 3. The average molecular weight is 274 g/mol. The fourth-order valence-electron chi connectivity index (χ4n) is 2.31. The fraction of sp³-hybridized carbons (Fsp3) is 0.833. The zero-order chi connectivity index (χ0) is 13.4. The Hall–Kier alpha value is -0.910. The first-order valence-electron chi connectivity index (χ1n) is 6.38. The van der Waals surface area contributed by atoms with E-state index in [-0.39, 0.29) is 17.9 Å². The largest absolute Gasteiger partial charge is 0.481 e. The van der Waals surface area contributed by atoms with Crippen molar-refractivity contribution in [1.82, 2.24) is 10.6 Å². The molecule has 6 heteroatoms. The molecule has 0 aromatic rings. The van der Waals surface area contributed by atoms with Crippen LogP contribution in [-0.4, -0.2) is 42.2 Å². The van der Waals surface area contributed by atoms with Gasteiger partial charge in [0.15, 0.2) is 0 Å². The van der Waals surface area contributed by atoms with Crippen molar-refractivity contribution in [3.63, 3.8) is 0 Å². The zero-order valence-corrected chi connectivity index (χ0v) is 11.6. The van der Waals surface area contributed by atoms with Crippen molar-refractivity contribution in [2.75, 3.05) is 25.1 Å². The third kappa shape index (κ3) is 5.16. The zero-order valence-electron chi connectivity index (χ0n) is 10.8. The number of amides is 2. The molecule has 1 saturated carbocycles. The highest BCUT2D eigenvalue weighted by molar-refractivity contribution is 7.98. The van der Waals surface area contributed by atoms with Crippen LogP contribution in [-0.2, 0) is 4.79 Å². The van der Waals surface area contributed by atoms with Gasteiger partial charge in [-0.05, 0) is 37.2 Å². The number of carboxylic acid groups (broad SMARTS) is 1. The highest BCUT2D eigenvalue weighted by atomic mass is 32.2. The van der Waals surface area contributed by atoms with Crippen LogP contribution in [0.1, 0.15) is 25.7 Å². The number of carboxylic acids is 1. The first-order chi connectivity index (χ1) is 8.65. The number of nitrogens with one attached hydrogen (secondary N) is 2. The molecule has 1 aliphatic carbocycles. The Morgan fingerprint density at radius 1 is 1.33 bits per heavy atom. The summed E-state index contributed by atoms with van der Waals surface area (Å²) < 4.78 is 0. The monoisotopic (exact) mass is 274 g/mol. The molecule has 1 fully saturated rings. The molecule has 0 radical (unpaired) electrons. The van der Waals surface area contributed by atoms with Crippen LogP contribution < -0.4 is 10.6 Å². The van der Waals surface area contributed by atoms with E-state index in [9.17, 15) is 9.59 Å². The summed E-state index contributed by atoms with van der Waals surface area (Å²) in [5, 5.41) is 14.6. The fourth-order valence-corrected chi connectivity index (χ4v) is 2.74. The van der Waals surface area contributed by atoms with Gasteiger partial charge in [0.05, 0.1) is 5.92 Å². The summed E-state index contributed by atoms with van der Waals surface area (Å²) in [6.45, 7) is 1.13. The molecule has 0 aromatic carbocycles. The lowest BCUT2D eigenvalue weighted by Crippen LogP contribution is -2.40. The molecule has 2 atom stereocenters. The van der Waals surface area contributed by atoms with Crippen molar-refractivity contribution >= 4 is 23.8 Å². The van der Waals surface area contributed by atoms with Crippen molar-refractivity contribution in [2.24, 2.45) is 11.8 Å². The molecule has 1 aliphatic rings. The van der Waals surface area contributed by atoms with E-state index in [1.807, 2.05) is 6.26 Å². The van der Waals surface area contributed by atoms with Gasteiger partial charge in [0.25, 0.3) is 0 Å². The lowest BCUT2D eigenvalue weighted by molar-refractivity contribution is -0.142. The quantitative estimate of drug-likeness (QED) is 0.615. The molecular formula is C12H22N2O3S. The van der Waals surface area contributed by atoms with E-state index in [0.29, 0.717) is 13.1 Å². The van der Waals surface area contributed by atoms with Crippen LogP contribution in [0.25, 0.3) is 0 Å². The minimum Gasteiger partial charge on any atom is -0.481 e. The number of aliphatic carboxylic acids is 1. The molecule has 0 spiro atoms. The lowest BCUT2D eigenvalue weighted by atomic mass is 9.96. The van der Waals surface area contributed by atoms with E-state index in [4.69, 9.17) is 5.11 Å². The second kappa shape index (κ2) is 8.24. The molecular weight excluding hydrogens is 252 g/mol. The van der Waals surface area contributed by atoms with Crippen molar-refractivity contribution in [1.29, 1.82) is 0 Å². The van der Waals surface area contributed by atoms with Crippen molar-refractivity contribution in [3.8, 4) is 0 Å². The molecule has 0 saturated heterocycles. The number of thioether (sulfide) groups is 1. The number of hydrogen-bond acceptors (Lipinski definition) is 3. The predicted molar refractivity (Wildman–Crippen MR) is 72.9 cm³/mol. The Morgan fingerprint density at radius 2 is 2.11 bits per heavy atom. The van der Waals surface area contributed by atoms with Gasteiger partial charge >= 0.3 is 12.0 Å². The molecule has 0 bridgehead atoms. The Balaban J connectivity index is 2.15. The van der Waals surface area contributed by atoms with Gasteiger partial charge in [-0.25, -0.2) is 4.79 Å². The second-order valence-electron chi connectivity index (χ2n) is 4.62. The Bertz CT molecular complexity index is 286. The van der Waals surface area contributed by atoms with E-state index in [0.717, 1.165) is 31.4 Å². The molecule has 1 rings (SSSR count). The van der Waals surface area contributed by atoms with Gasteiger partial charge < -0.3 is 15.7 Å². The SMILES string of the molecule is CSCCCNC(=O)NCC1CCCC1C(=O)O. The maximum atomic E-state index is 11.5. The Kier molecular flexibility index (Phi) is 6.93. The van der Waals surface area contributed by atoms with Gasteiger partial charge in [0.1, 0.15) is 0 Å². The smallest absolute Gasteiger partial charge is 0.314 e. The van der Waals surface area contributed by atoms with Crippen LogP contribution in [0.4, 0.5) is 4.79 Å². The van der Waals surface area contributed by atoms with Crippen LogP contribution in [0.15, 0.2) is 0 Å². The summed E-state index contributed by atoms with van der Waals surface area (Å²) in [5.41, 5.74) is 0. The summed E-state index contributed by atoms with van der Waals surface area (Å²) in [6.07, 6.45) is 5.56. The Labute approximate surface area is 112 Å². The van der Waals surface area contributed by atoms with Crippen molar-refractivity contribution in [2.45, 2.75) is 25.7 Å². The van der Waals surface area contributed by atoms with E-state index < -0.39 is 5.97 Å².